The fraction of sp³-hybridized carbons (Fsp3) is 0.538. The topological polar surface area (TPSA) is 24.5 Å². The molecule has 0 saturated carbocycles. The van der Waals surface area contributed by atoms with E-state index in [0.717, 1.165) is 12.2 Å². The van der Waals surface area contributed by atoms with E-state index >= 15 is 0 Å². The van der Waals surface area contributed by atoms with Crippen molar-refractivity contribution in [2.75, 3.05) is 32.6 Å². The van der Waals surface area contributed by atoms with Crippen LogP contribution >= 0.6 is 11.6 Å². The predicted molar refractivity (Wildman–Crippen MR) is 74.4 cm³/mol. The van der Waals surface area contributed by atoms with E-state index in [2.05, 4.69) is 31.1 Å². The first-order chi connectivity index (χ1) is 7.92. The second-order valence-electron chi connectivity index (χ2n) is 4.72. The number of nitrogens with one attached hydrogen (secondary N) is 1. The maximum absolute atomic E-state index is 6.13. The van der Waals surface area contributed by atoms with Crippen molar-refractivity contribution in [3.05, 3.63) is 23.2 Å². The summed E-state index contributed by atoms with van der Waals surface area (Å²) in [4.78, 5) is 2.20. The summed E-state index contributed by atoms with van der Waals surface area (Å²) >= 11 is 6.13. The Kier molecular flexibility index (Phi) is 4.66. The van der Waals surface area contributed by atoms with E-state index < -0.39 is 0 Å². The van der Waals surface area contributed by atoms with Crippen LogP contribution in [-0.2, 0) is 0 Å². The van der Waals surface area contributed by atoms with Gasteiger partial charge in [0.1, 0.15) is 5.75 Å². The third-order valence-corrected chi connectivity index (χ3v) is 3.34. The summed E-state index contributed by atoms with van der Waals surface area (Å²) in [6, 6.07) is 5.84. The van der Waals surface area contributed by atoms with Crippen LogP contribution in [0.1, 0.15) is 13.8 Å². The van der Waals surface area contributed by atoms with E-state index in [9.17, 15) is 0 Å². The molecule has 1 aromatic rings. The average Bonchev–Trinajstić information content (AvgIpc) is 2.27. The van der Waals surface area contributed by atoms with Crippen molar-refractivity contribution in [3.63, 3.8) is 0 Å². The number of ether oxygens (including phenoxy) is 1. The van der Waals surface area contributed by atoms with Crippen molar-refractivity contribution < 1.29 is 4.74 Å². The normalized spacial score (nSPS) is 11.4. The van der Waals surface area contributed by atoms with Crippen LogP contribution in [0.4, 0.5) is 5.69 Å². The standard InChI is InChI=1S/C13H21ClN2O/c1-13(2,9-15-3)16(4)10-6-7-12(17-5)11(14)8-10/h6-8,15H,9H2,1-5H3. The van der Waals surface area contributed by atoms with E-state index in [1.165, 1.54) is 0 Å². The monoisotopic (exact) mass is 256 g/mol. The molecule has 17 heavy (non-hydrogen) atoms. The SMILES string of the molecule is CNCC(C)(C)N(C)c1ccc(OC)c(Cl)c1. The smallest absolute Gasteiger partial charge is 0.137 e. The van der Waals surface area contributed by atoms with Gasteiger partial charge in [-0.3, -0.25) is 0 Å². The van der Waals surface area contributed by atoms with E-state index in [4.69, 9.17) is 16.3 Å². The molecule has 0 spiro atoms. The Morgan fingerprint density at radius 1 is 1.41 bits per heavy atom. The second-order valence-corrected chi connectivity index (χ2v) is 5.13. The Balaban J connectivity index is 2.96. The molecule has 0 fully saturated rings. The van der Waals surface area contributed by atoms with Gasteiger partial charge in [0.25, 0.3) is 0 Å². The third kappa shape index (κ3) is 3.27. The highest BCUT2D eigenvalue weighted by molar-refractivity contribution is 6.32. The number of halogens is 1. The first-order valence-corrected chi connectivity index (χ1v) is 6.02. The van der Waals surface area contributed by atoms with Gasteiger partial charge >= 0.3 is 0 Å². The zero-order valence-electron chi connectivity index (χ0n) is 11.2. The number of hydrogen-bond donors (Lipinski definition) is 1. The van der Waals surface area contributed by atoms with Gasteiger partial charge < -0.3 is 15.0 Å². The first kappa shape index (κ1) is 14.1. The Bertz CT molecular complexity index is 380. The maximum atomic E-state index is 6.13. The van der Waals surface area contributed by atoms with Gasteiger partial charge in [-0.1, -0.05) is 11.6 Å². The molecule has 0 aromatic heterocycles. The van der Waals surface area contributed by atoms with Gasteiger partial charge in [-0.05, 0) is 39.1 Å². The van der Waals surface area contributed by atoms with Gasteiger partial charge in [-0.25, -0.2) is 0 Å². The largest absolute Gasteiger partial charge is 0.495 e. The molecule has 3 nitrogen and oxygen atoms in total. The highest BCUT2D eigenvalue weighted by atomic mass is 35.5. The fourth-order valence-electron chi connectivity index (χ4n) is 1.76. The van der Waals surface area contributed by atoms with Gasteiger partial charge in [-0.2, -0.15) is 0 Å². The van der Waals surface area contributed by atoms with Gasteiger partial charge in [0.15, 0.2) is 0 Å². The number of nitrogens with zero attached hydrogens (tertiary/aromatic N) is 1. The minimum Gasteiger partial charge on any atom is -0.495 e. The molecule has 1 N–H and O–H groups in total. The van der Waals surface area contributed by atoms with Gasteiger partial charge in [0.05, 0.1) is 12.1 Å². The average molecular weight is 257 g/mol. The highest BCUT2D eigenvalue weighted by Crippen LogP contribution is 2.31. The minimum absolute atomic E-state index is 0.0205. The molecule has 0 unspecified atom stereocenters. The summed E-state index contributed by atoms with van der Waals surface area (Å²) in [6.45, 7) is 5.26. The minimum atomic E-state index is 0.0205. The molecule has 0 amide bonds. The molecular formula is C13H21ClN2O. The van der Waals surface area contributed by atoms with Crippen LogP contribution in [0.25, 0.3) is 0 Å². The predicted octanol–water partition coefficient (Wildman–Crippen LogP) is 2.78. The fourth-order valence-corrected chi connectivity index (χ4v) is 2.02. The van der Waals surface area contributed by atoms with Gasteiger partial charge in [-0.15, -0.1) is 0 Å². The molecule has 0 aliphatic carbocycles. The van der Waals surface area contributed by atoms with Gasteiger partial charge in [0, 0.05) is 24.8 Å². The van der Waals surface area contributed by atoms with Crippen molar-refractivity contribution in [2.45, 2.75) is 19.4 Å². The number of benzene rings is 1. The molecule has 0 saturated heterocycles. The lowest BCUT2D eigenvalue weighted by Crippen LogP contribution is -2.48. The van der Waals surface area contributed by atoms with E-state index in [1.54, 1.807) is 7.11 Å². The van der Waals surface area contributed by atoms with Crippen molar-refractivity contribution in [1.29, 1.82) is 0 Å². The van der Waals surface area contributed by atoms with Crippen LogP contribution in [0.15, 0.2) is 18.2 Å². The Hall–Kier alpha value is -0.930. The molecule has 0 bridgehead atoms. The Morgan fingerprint density at radius 2 is 2.06 bits per heavy atom. The van der Waals surface area contributed by atoms with E-state index in [0.29, 0.717) is 10.8 Å². The quantitative estimate of drug-likeness (QED) is 0.877. The second kappa shape index (κ2) is 5.61. The molecule has 96 valence electrons. The van der Waals surface area contributed by atoms with E-state index in [-0.39, 0.29) is 5.54 Å². The van der Waals surface area contributed by atoms with Crippen molar-refractivity contribution in [1.82, 2.24) is 5.32 Å². The molecular weight excluding hydrogens is 236 g/mol. The third-order valence-electron chi connectivity index (χ3n) is 3.04. The summed E-state index contributed by atoms with van der Waals surface area (Å²) in [5.74, 6) is 0.704. The lowest BCUT2D eigenvalue weighted by atomic mass is 10.0. The van der Waals surface area contributed by atoms with Crippen LogP contribution in [0.5, 0.6) is 5.75 Å². The summed E-state index contributed by atoms with van der Waals surface area (Å²) in [5.41, 5.74) is 1.10. The molecule has 0 aliphatic heterocycles. The Labute approximate surface area is 109 Å². The first-order valence-electron chi connectivity index (χ1n) is 5.64. The van der Waals surface area contributed by atoms with Crippen LogP contribution in [0, 0.1) is 0 Å². The number of rotatable bonds is 5. The van der Waals surface area contributed by atoms with Crippen molar-refractivity contribution in [3.8, 4) is 5.75 Å². The zero-order chi connectivity index (χ0) is 13.1. The highest BCUT2D eigenvalue weighted by Gasteiger charge is 2.23. The molecule has 4 heteroatoms. The molecule has 1 rings (SSSR count). The van der Waals surface area contributed by atoms with Crippen LogP contribution in [0.3, 0.4) is 0 Å². The summed E-state index contributed by atoms with van der Waals surface area (Å²) < 4.78 is 5.15. The molecule has 0 aliphatic rings. The summed E-state index contributed by atoms with van der Waals surface area (Å²) in [6.07, 6.45) is 0. The Morgan fingerprint density at radius 3 is 2.53 bits per heavy atom. The van der Waals surface area contributed by atoms with Crippen LogP contribution in [0.2, 0.25) is 5.02 Å². The van der Waals surface area contributed by atoms with Gasteiger partial charge in [0.2, 0.25) is 0 Å². The number of likely N-dealkylation sites (N-methyl/N-ethyl adjacent to an activating group) is 2. The molecule has 0 atom stereocenters. The van der Waals surface area contributed by atoms with Crippen LogP contribution in [-0.4, -0.2) is 33.3 Å². The maximum Gasteiger partial charge on any atom is 0.137 e. The lowest BCUT2D eigenvalue weighted by Gasteiger charge is -2.37. The molecule has 0 radical (unpaired) electrons. The summed E-state index contributed by atoms with van der Waals surface area (Å²) in [5, 5.41) is 3.83. The van der Waals surface area contributed by atoms with Crippen LogP contribution < -0.4 is 15.0 Å². The summed E-state index contributed by atoms with van der Waals surface area (Å²) in [7, 11) is 5.64. The lowest BCUT2D eigenvalue weighted by molar-refractivity contribution is 0.414. The zero-order valence-corrected chi connectivity index (χ0v) is 11.9. The van der Waals surface area contributed by atoms with Crippen molar-refractivity contribution in [2.24, 2.45) is 0 Å². The van der Waals surface area contributed by atoms with E-state index in [1.807, 2.05) is 25.2 Å². The number of methoxy groups -OCH3 is 1. The molecule has 1 aromatic carbocycles. The number of hydrogen-bond acceptors (Lipinski definition) is 3. The van der Waals surface area contributed by atoms with Crippen molar-refractivity contribution >= 4 is 17.3 Å². The number of anilines is 1. The molecule has 0 heterocycles.